The van der Waals surface area contributed by atoms with Crippen molar-refractivity contribution in [1.82, 2.24) is 4.90 Å². The highest BCUT2D eigenvalue weighted by molar-refractivity contribution is 6.32. The molecule has 3 aromatic carbocycles. The quantitative estimate of drug-likeness (QED) is 0.235. The highest BCUT2D eigenvalue weighted by Crippen LogP contribution is 2.65. The van der Waals surface area contributed by atoms with Crippen molar-refractivity contribution in [2.75, 3.05) is 11.4 Å². The molecule has 3 aromatic rings. The molecule has 1 saturated carbocycles. The first-order valence-electron chi connectivity index (χ1n) is 15.7. The molecule has 1 N–H and O–H groups in total. The molecule has 0 bridgehead atoms. The minimum absolute atomic E-state index is 0.0124. The van der Waals surface area contributed by atoms with Crippen molar-refractivity contribution in [2.45, 2.75) is 43.9 Å². The normalized spacial score (nSPS) is 28.3. The van der Waals surface area contributed by atoms with E-state index in [0.717, 1.165) is 23.1 Å². The highest BCUT2D eigenvalue weighted by Gasteiger charge is 2.70. The van der Waals surface area contributed by atoms with E-state index < -0.39 is 64.7 Å². The van der Waals surface area contributed by atoms with E-state index in [0.29, 0.717) is 17.6 Å². The van der Waals surface area contributed by atoms with E-state index in [1.165, 1.54) is 11.0 Å². The van der Waals surface area contributed by atoms with E-state index in [1.807, 2.05) is 6.92 Å². The molecule has 248 valence electrons. The highest BCUT2D eigenvalue weighted by atomic mass is 35.5. The minimum atomic E-state index is -5.05. The molecule has 2 aliphatic carbocycles. The van der Waals surface area contributed by atoms with Gasteiger partial charge in [-0.15, -0.1) is 13.2 Å². The molecule has 0 radical (unpaired) electrons. The summed E-state index contributed by atoms with van der Waals surface area (Å²) in [5.41, 5.74) is -0.720. The third-order valence-electron chi connectivity index (χ3n) is 10.2. The number of amides is 4. The predicted molar refractivity (Wildman–Crippen MR) is 168 cm³/mol. The second kappa shape index (κ2) is 11.5. The molecule has 4 amide bonds. The van der Waals surface area contributed by atoms with E-state index in [2.05, 4.69) is 4.74 Å². The van der Waals surface area contributed by atoms with Crippen LogP contribution in [0, 0.1) is 23.7 Å². The number of carbonyl (C=O) groups excluding carboxylic acids is 4. The molecule has 7 rings (SSSR count). The zero-order valence-electron chi connectivity index (χ0n) is 25.6. The monoisotopic (exact) mass is 678 g/mol. The zero-order chi connectivity index (χ0) is 34.1. The van der Waals surface area contributed by atoms with Gasteiger partial charge in [0.25, 0.3) is 0 Å². The van der Waals surface area contributed by atoms with Gasteiger partial charge in [0.15, 0.2) is 0 Å². The Bertz CT molecular complexity index is 1880. The van der Waals surface area contributed by atoms with Crippen molar-refractivity contribution in [2.24, 2.45) is 23.7 Å². The van der Waals surface area contributed by atoms with Crippen molar-refractivity contribution < 1.29 is 42.2 Å². The Balaban J connectivity index is 1.51. The number of hydrogen-bond donors (Lipinski definition) is 1. The summed E-state index contributed by atoms with van der Waals surface area (Å²) in [6.07, 6.45) is -2.58. The molecule has 6 unspecified atom stereocenters. The molecular formula is C36H30ClF3N2O6. The van der Waals surface area contributed by atoms with Gasteiger partial charge >= 0.3 is 6.36 Å². The number of halogens is 4. The lowest BCUT2D eigenvalue weighted by Crippen LogP contribution is -2.53. The summed E-state index contributed by atoms with van der Waals surface area (Å²) in [5.74, 6) is -7.58. The average Bonchev–Trinajstić information content (AvgIpc) is 3.42. The van der Waals surface area contributed by atoms with Crippen LogP contribution in [0.1, 0.15) is 43.2 Å². The topological polar surface area (TPSA) is 104 Å². The van der Waals surface area contributed by atoms with E-state index in [4.69, 9.17) is 11.6 Å². The summed E-state index contributed by atoms with van der Waals surface area (Å²) in [5, 5.41) is 11.7. The SMILES string of the molecule is CCCN1C(=O)C2CC=C3C(CC4C(=O)N(c5cccc(Cl)c5)C(=O)C4(c4ccccc4)C3c3cc(OC(F)(F)F)ccc3O)C2C1=O. The van der Waals surface area contributed by atoms with Crippen LogP contribution in [0.4, 0.5) is 18.9 Å². The number of fused-ring (bicyclic) bond motifs is 4. The van der Waals surface area contributed by atoms with Gasteiger partial charge in [0.05, 0.1) is 28.9 Å². The molecule has 2 heterocycles. The Hall–Kier alpha value is -4.64. The molecule has 3 fully saturated rings. The number of nitrogens with zero attached hydrogens (tertiary/aromatic N) is 2. The van der Waals surface area contributed by atoms with Gasteiger partial charge in [-0.2, -0.15) is 0 Å². The molecule has 2 saturated heterocycles. The Morgan fingerprint density at radius 3 is 2.38 bits per heavy atom. The lowest BCUT2D eigenvalue weighted by atomic mass is 9.49. The van der Waals surface area contributed by atoms with Crippen LogP contribution >= 0.6 is 11.6 Å². The Labute approximate surface area is 278 Å². The summed E-state index contributed by atoms with van der Waals surface area (Å²) >= 11 is 6.30. The van der Waals surface area contributed by atoms with Gasteiger partial charge in [-0.25, -0.2) is 4.90 Å². The van der Waals surface area contributed by atoms with E-state index in [-0.39, 0.29) is 47.5 Å². The fourth-order valence-corrected chi connectivity index (χ4v) is 8.74. The lowest BCUT2D eigenvalue weighted by Gasteiger charge is -2.50. The second-order valence-electron chi connectivity index (χ2n) is 12.7. The maximum atomic E-state index is 15.2. The number of likely N-dealkylation sites (tertiary alicyclic amines) is 1. The summed E-state index contributed by atoms with van der Waals surface area (Å²) in [6.45, 7) is 2.08. The molecule has 4 aliphatic rings. The Morgan fingerprint density at radius 2 is 1.69 bits per heavy atom. The molecule has 0 spiro atoms. The van der Waals surface area contributed by atoms with Gasteiger partial charge in [-0.3, -0.25) is 24.1 Å². The number of hydrogen-bond acceptors (Lipinski definition) is 6. The first-order valence-corrected chi connectivity index (χ1v) is 16.1. The third kappa shape index (κ3) is 4.73. The van der Waals surface area contributed by atoms with Gasteiger partial charge < -0.3 is 9.84 Å². The van der Waals surface area contributed by atoms with Gasteiger partial charge in [-0.05, 0) is 67.1 Å². The number of alkyl halides is 3. The van der Waals surface area contributed by atoms with Crippen LogP contribution in [0.5, 0.6) is 11.5 Å². The summed E-state index contributed by atoms with van der Waals surface area (Å²) in [6, 6.07) is 17.8. The largest absolute Gasteiger partial charge is 0.573 e. The predicted octanol–water partition coefficient (Wildman–Crippen LogP) is 6.52. The van der Waals surface area contributed by atoms with Crippen LogP contribution in [0.15, 0.2) is 84.4 Å². The van der Waals surface area contributed by atoms with Crippen molar-refractivity contribution in [3.05, 3.63) is 101 Å². The van der Waals surface area contributed by atoms with Crippen molar-refractivity contribution in [3.8, 4) is 11.5 Å². The Morgan fingerprint density at radius 1 is 0.938 bits per heavy atom. The fraction of sp³-hybridized carbons (Fsp3) is 0.333. The second-order valence-corrected chi connectivity index (χ2v) is 13.1. The number of anilines is 1. The first kappa shape index (κ1) is 31.9. The van der Waals surface area contributed by atoms with Crippen molar-refractivity contribution >= 4 is 40.9 Å². The number of benzene rings is 3. The van der Waals surface area contributed by atoms with Crippen LogP contribution in [0.25, 0.3) is 0 Å². The van der Waals surface area contributed by atoms with Crippen LogP contribution in [0.3, 0.4) is 0 Å². The number of aromatic hydroxyl groups is 1. The minimum Gasteiger partial charge on any atom is -0.508 e. The molecule has 6 atom stereocenters. The molecule has 48 heavy (non-hydrogen) atoms. The average molecular weight is 679 g/mol. The zero-order valence-corrected chi connectivity index (χ0v) is 26.4. The lowest BCUT2D eigenvalue weighted by molar-refractivity contribution is -0.274. The maximum Gasteiger partial charge on any atom is 0.573 e. The summed E-state index contributed by atoms with van der Waals surface area (Å²) < 4.78 is 44.6. The molecule has 0 aromatic heterocycles. The molecule has 2 aliphatic heterocycles. The van der Waals surface area contributed by atoms with Gasteiger partial charge in [0.2, 0.25) is 23.6 Å². The number of ether oxygens (including phenoxy) is 1. The number of imide groups is 2. The number of rotatable bonds is 6. The number of phenolic OH excluding ortho intramolecular Hbond substituents is 1. The number of phenols is 1. The van der Waals surface area contributed by atoms with E-state index in [1.54, 1.807) is 54.6 Å². The number of allylic oxidation sites excluding steroid dienone is 2. The first-order chi connectivity index (χ1) is 22.9. The van der Waals surface area contributed by atoms with Crippen LogP contribution in [-0.2, 0) is 24.6 Å². The summed E-state index contributed by atoms with van der Waals surface area (Å²) in [4.78, 5) is 59.5. The van der Waals surface area contributed by atoms with E-state index in [9.17, 15) is 32.7 Å². The number of carbonyl (C=O) groups is 4. The standard InChI is InChI=1S/C36H30ClF3N2O6/c1-2-15-41-31(44)24-13-12-23-25(29(24)33(41)46)18-27-32(45)42(21-10-6-9-20(37)16-21)34(47)35(27,19-7-4-3-5-8-19)30(23)26-17-22(11-14-28(26)43)48-36(38,39)40/h3-12,14,16-17,24-25,27,29-30,43H,2,13,15,18H2,1H3. The molecular weight excluding hydrogens is 649 g/mol. The van der Waals surface area contributed by atoms with Gasteiger partial charge in [0.1, 0.15) is 11.5 Å². The third-order valence-corrected chi connectivity index (χ3v) is 10.5. The van der Waals surface area contributed by atoms with E-state index >= 15 is 4.79 Å². The summed E-state index contributed by atoms with van der Waals surface area (Å²) in [7, 11) is 0. The maximum absolute atomic E-state index is 15.2. The molecule has 12 heteroatoms. The van der Waals surface area contributed by atoms with Gasteiger partial charge in [-0.1, -0.05) is 66.6 Å². The van der Waals surface area contributed by atoms with Crippen LogP contribution < -0.4 is 9.64 Å². The molecule has 8 nitrogen and oxygen atoms in total. The smallest absolute Gasteiger partial charge is 0.508 e. The van der Waals surface area contributed by atoms with Crippen LogP contribution in [0.2, 0.25) is 5.02 Å². The van der Waals surface area contributed by atoms with Gasteiger partial charge in [0, 0.05) is 23.0 Å². The van der Waals surface area contributed by atoms with Crippen molar-refractivity contribution in [3.63, 3.8) is 0 Å². The Kier molecular flexibility index (Phi) is 7.65. The fourth-order valence-electron chi connectivity index (χ4n) is 8.56. The van der Waals surface area contributed by atoms with Crippen LogP contribution in [-0.4, -0.2) is 46.5 Å². The van der Waals surface area contributed by atoms with Crippen molar-refractivity contribution in [1.29, 1.82) is 0 Å².